The van der Waals surface area contributed by atoms with Crippen LogP contribution in [0.15, 0.2) is 65.5 Å². The molecule has 0 unspecified atom stereocenters. The van der Waals surface area contributed by atoms with Crippen molar-refractivity contribution in [3.63, 3.8) is 0 Å². The first kappa shape index (κ1) is 16.6. The van der Waals surface area contributed by atoms with E-state index in [0.717, 1.165) is 26.9 Å². The molecule has 24 heavy (non-hydrogen) atoms. The number of hydrogen-bond donors (Lipinski definition) is 2. The minimum atomic E-state index is -0.530. The van der Waals surface area contributed by atoms with Crippen molar-refractivity contribution in [2.75, 3.05) is 0 Å². The van der Waals surface area contributed by atoms with E-state index >= 15 is 0 Å². The maximum Gasteiger partial charge on any atom is 0.154 e. The number of aromatic nitrogens is 2. The topological polar surface area (TPSA) is 71.8 Å². The van der Waals surface area contributed by atoms with Gasteiger partial charge in [-0.3, -0.25) is 4.79 Å². The summed E-state index contributed by atoms with van der Waals surface area (Å²) in [5, 5.41) is 0. The molecule has 0 bridgehead atoms. The third-order valence-electron chi connectivity index (χ3n) is 3.90. The first-order valence-electron chi connectivity index (χ1n) is 7.73. The molecule has 0 saturated carbocycles. The number of H-pyrrole nitrogens is 1. The van der Waals surface area contributed by atoms with Crippen LogP contribution in [-0.2, 0) is 17.6 Å². The van der Waals surface area contributed by atoms with E-state index in [2.05, 4.69) is 38.0 Å². The number of nitrogens with zero attached hydrogens (tertiary/aromatic N) is 1. The highest BCUT2D eigenvalue weighted by atomic mass is 79.9. The second kappa shape index (κ2) is 7.55. The van der Waals surface area contributed by atoms with Crippen LogP contribution in [0.5, 0.6) is 0 Å². The standard InChI is InChI=1S/C19H18BrN3O/c20-17-8-13(6-7-16(17)14-4-2-1-3-5-14)9-19(24)18(21)10-15-11-22-12-23-15/h1-8,11-12,18H,9-10,21H2,(H,22,23)/t18-/m0/s1. The molecule has 0 radical (unpaired) electrons. The second-order valence-corrected chi connectivity index (χ2v) is 6.57. The van der Waals surface area contributed by atoms with Gasteiger partial charge in [-0.2, -0.15) is 0 Å². The van der Waals surface area contributed by atoms with Crippen molar-refractivity contribution in [2.45, 2.75) is 18.9 Å². The number of nitrogens with two attached hydrogens (primary N) is 1. The Kier molecular flexibility index (Phi) is 5.23. The van der Waals surface area contributed by atoms with Crippen LogP contribution in [0.3, 0.4) is 0 Å². The number of aromatic amines is 1. The maximum absolute atomic E-state index is 12.3. The number of hydrogen-bond acceptors (Lipinski definition) is 3. The number of benzene rings is 2. The van der Waals surface area contributed by atoms with E-state index in [1.54, 1.807) is 12.5 Å². The van der Waals surface area contributed by atoms with Gasteiger partial charge in [0.1, 0.15) is 0 Å². The first-order valence-corrected chi connectivity index (χ1v) is 8.52. The third kappa shape index (κ3) is 3.99. The summed E-state index contributed by atoms with van der Waals surface area (Å²) >= 11 is 3.60. The molecule has 122 valence electrons. The molecule has 1 heterocycles. The van der Waals surface area contributed by atoms with E-state index in [1.807, 2.05) is 36.4 Å². The molecule has 0 spiro atoms. The smallest absolute Gasteiger partial charge is 0.154 e. The summed E-state index contributed by atoms with van der Waals surface area (Å²) in [5.41, 5.74) is 10.1. The van der Waals surface area contributed by atoms with Crippen LogP contribution in [0.4, 0.5) is 0 Å². The second-order valence-electron chi connectivity index (χ2n) is 5.71. The molecular weight excluding hydrogens is 366 g/mol. The van der Waals surface area contributed by atoms with Crippen molar-refractivity contribution >= 4 is 21.7 Å². The summed E-state index contributed by atoms with van der Waals surface area (Å²) in [6.45, 7) is 0. The Hall–Kier alpha value is -2.24. The van der Waals surface area contributed by atoms with Crippen molar-refractivity contribution < 1.29 is 4.79 Å². The quantitative estimate of drug-likeness (QED) is 0.683. The summed E-state index contributed by atoms with van der Waals surface area (Å²) in [6.07, 6.45) is 4.08. The SMILES string of the molecule is N[C@@H](Cc1cnc[nH]1)C(=O)Cc1ccc(-c2ccccc2)c(Br)c1. The van der Waals surface area contributed by atoms with Gasteiger partial charge in [0.2, 0.25) is 0 Å². The molecule has 3 rings (SSSR count). The highest BCUT2D eigenvalue weighted by Crippen LogP contribution is 2.29. The van der Waals surface area contributed by atoms with Crippen LogP contribution in [-0.4, -0.2) is 21.8 Å². The molecule has 0 fully saturated rings. The third-order valence-corrected chi connectivity index (χ3v) is 4.56. The maximum atomic E-state index is 12.3. The average Bonchev–Trinajstić information content (AvgIpc) is 3.08. The minimum absolute atomic E-state index is 0.0176. The largest absolute Gasteiger partial charge is 0.348 e. The average molecular weight is 384 g/mol. The van der Waals surface area contributed by atoms with E-state index < -0.39 is 6.04 Å². The summed E-state index contributed by atoms with van der Waals surface area (Å²) < 4.78 is 0.973. The molecule has 1 aromatic heterocycles. The normalized spacial score (nSPS) is 12.1. The number of carbonyl (C=O) groups excluding carboxylic acids is 1. The zero-order valence-corrected chi connectivity index (χ0v) is 14.7. The number of halogens is 1. The Balaban J connectivity index is 1.69. The molecule has 4 nitrogen and oxygen atoms in total. The van der Waals surface area contributed by atoms with Crippen molar-refractivity contribution in [1.82, 2.24) is 9.97 Å². The van der Waals surface area contributed by atoms with Gasteiger partial charge in [-0.05, 0) is 22.8 Å². The van der Waals surface area contributed by atoms with E-state index in [0.29, 0.717) is 12.8 Å². The van der Waals surface area contributed by atoms with Gasteiger partial charge in [0, 0.05) is 29.2 Å². The molecule has 0 saturated heterocycles. The van der Waals surface area contributed by atoms with Gasteiger partial charge in [0.15, 0.2) is 5.78 Å². The van der Waals surface area contributed by atoms with Crippen molar-refractivity contribution in [1.29, 1.82) is 0 Å². The Labute approximate surface area is 149 Å². The molecule has 0 aliphatic carbocycles. The Morgan fingerprint density at radius 1 is 1.21 bits per heavy atom. The van der Waals surface area contributed by atoms with Crippen LogP contribution in [0.25, 0.3) is 11.1 Å². The number of Topliss-reactive ketones (excluding diaryl/α,β-unsaturated/α-hetero) is 1. The summed E-state index contributed by atoms with van der Waals surface area (Å²) in [6, 6.07) is 15.6. The van der Waals surface area contributed by atoms with E-state index in [9.17, 15) is 4.79 Å². The van der Waals surface area contributed by atoms with Crippen LogP contribution in [0.1, 0.15) is 11.3 Å². The van der Waals surface area contributed by atoms with Crippen LogP contribution >= 0.6 is 15.9 Å². The van der Waals surface area contributed by atoms with E-state index in [-0.39, 0.29) is 5.78 Å². The summed E-state index contributed by atoms with van der Waals surface area (Å²) in [5.74, 6) is 0.0176. The van der Waals surface area contributed by atoms with Gasteiger partial charge in [0.25, 0.3) is 0 Å². The molecule has 3 N–H and O–H groups in total. The summed E-state index contributed by atoms with van der Waals surface area (Å²) in [7, 11) is 0. The fourth-order valence-corrected chi connectivity index (χ4v) is 3.25. The predicted molar refractivity (Wildman–Crippen MR) is 98.6 cm³/mol. The monoisotopic (exact) mass is 383 g/mol. The Bertz CT molecular complexity index is 816. The Morgan fingerprint density at radius 2 is 2.00 bits per heavy atom. The number of rotatable bonds is 6. The van der Waals surface area contributed by atoms with Gasteiger partial charge in [-0.15, -0.1) is 0 Å². The fourth-order valence-electron chi connectivity index (χ4n) is 2.60. The summed E-state index contributed by atoms with van der Waals surface area (Å²) in [4.78, 5) is 19.2. The van der Waals surface area contributed by atoms with Crippen molar-refractivity contribution in [3.8, 4) is 11.1 Å². The predicted octanol–water partition coefficient (Wildman–Crippen LogP) is 3.52. The van der Waals surface area contributed by atoms with Crippen LogP contribution in [0, 0.1) is 0 Å². The lowest BCUT2D eigenvalue weighted by atomic mass is 9.98. The van der Waals surface area contributed by atoms with E-state index in [1.165, 1.54) is 0 Å². The zero-order valence-electron chi connectivity index (χ0n) is 13.1. The zero-order chi connectivity index (χ0) is 16.9. The molecule has 1 atom stereocenters. The lowest BCUT2D eigenvalue weighted by Crippen LogP contribution is -2.34. The molecule has 0 aliphatic heterocycles. The molecule has 0 amide bonds. The van der Waals surface area contributed by atoms with Crippen molar-refractivity contribution in [2.24, 2.45) is 5.73 Å². The first-order chi connectivity index (χ1) is 11.6. The highest BCUT2D eigenvalue weighted by Gasteiger charge is 2.16. The van der Waals surface area contributed by atoms with Gasteiger partial charge < -0.3 is 10.7 Å². The molecule has 0 aliphatic rings. The number of ketones is 1. The van der Waals surface area contributed by atoms with Gasteiger partial charge >= 0.3 is 0 Å². The molecule has 5 heteroatoms. The van der Waals surface area contributed by atoms with E-state index in [4.69, 9.17) is 5.73 Å². The van der Waals surface area contributed by atoms with Gasteiger partial charge in [0.05, 0.1) is 12.4 Å². The lowest BCUT2D eigenvalue weighted by molar-refractivity contribution is -0.119. The minimum Gasteiger partial charge on any atom is -0.348 e. The fraction of sp³-hybridized carbons (Fsp3) is 0.158. The lowest BCUT2D eigenvalue weighted by Gasteiger charge is -2.11. The van der Waals surface area contributed by atoms with Gasteiger partial charge in [-0.1, -0.05) is 58.4 Å². The molecule has 3 aromatic rings. The van der Waals surface area contributed by atoms with Crippen molar-refractivity contribution in [3.05, 3.63) is 76.8 Å². The number of imidazole rings is 1. The Morgan fingerprint density at radius 3 is 2.67 bits per heavy atom. The molecular formula is C19H18BrN3O. The van der Waals surface area contributed by atoms with Gasteiger partial charge in [-0.25, -0.2) is 4.98 Å². The molecule has 2 aromatic carbocycles. The highest BCUT2D eigenvalue weighted by molar-refractivity contribution is 9.10. The van der Waals surface area contributed by atoms with Crippen LogP contribution in [0.2, 0.25) is 0 Å². The number of nitrogens with one attached hydrogen (secondary N) is 1. The van der Waals surface area contributed by atoms with Crippen LogP contribution < -0.4 is 5.73 Å². The number of carbonyl (C=O) groups is 1.